The number of fused-ring (bicyclic) bond motifs is 2. The van der Waals surface area contributed by atoms with Crippen LogP contribution >= 0.6 is 0 Å². The van der Waals surface area contributed by atoms with Crippen molar-refractivity contribution >= 4 is 16.1 Å². The van der Waals surface area contributed by atoms with Gasteiger partial charge in [-0.25, -0.2) is 13.2 Å². The van der Waals surface area contributed by atoms with Crippen LogP contribution in [0.15, 0.2) is 18.2 Å². The zero-order chi connectivity index (χ0) is 21.4. The molecule has 3 atom stereocenters. The van der Waals surface area contributed by atoms with E-state index in [1.807, 2.05) is 6.92 Å². The first kappa shape index (κ1) is 21.7. The highest BCUT2D eigenvalue weighted by molar-refractivity contribution is 7.85. The summed E-state index contributed by atoms with van der Waals surface area (Å²) in [5.41, 5.74) is -0.823. The van der Waals surface area contributed by atoms with Crippen LogP contribution in [0.25, 0.3) is 0 Å². The van der Waals surface area contributed by atoms with Crippen LogP contribution in [0.3, 0.4) is 0 Å². The van der Waals surface area contributed by atoms with E-state index < -0.39 is 46.2 Å². The minimum absolute atomic E-state index is 0.149. The number of alkyl halides is 3. The third kappa shape index (κ3) is 5.53. The van der Waals surface area contributed by atoms with Gasteiger partial charge in [-0.15, -0.1) is 13.2 Å². The third-order valence-corrected chi connectivity index (χ3v) is 6.08. The molecule has 2 saturated carbocycles. The highest BCUT2D eigenvalue weighted by Crippen LogP contribution is 2.53. The number of hydrogen-bond donors (Lipinski definition) is 0. The van der Waals surface area contributed by atoms with Crippen molar-refractivity contribution in [2.75, 3.05) is 12.4 Å². The summed E-state index contributed by atoms with van der Waals surface area (Å²) in [6.07, 6.45) is -1.33. The lowest BCUT2D eigenvalue weighted by Gasteiger charge is -2.35. The maximum absolute atomic E-state index is 12.8. The van der Waals surface area contributed by atoms with E-state index in [0.717, 1.165) is 37.5 Å². The van der Waals surface area contributed by atoms with E-state index in [1.165, 1.54) is 0 Å². The van der Waals surface area contributed by atoms with E-state index in [-0.39, 0.29) is 17.2 Å². The van der Waals surface area contributed by atoms with Crippen LogP contribution in [-0.4, -0.2) is 43.3 Å². The lowest BCUT2D eigenvalue weighted by Crippen LogP contribution is -2.38. The monoisotopic (exact) mass is 437 g/mol. The van der Waals surface area contributed by atoms with Gasteiger partial charge in [0.25, 0.3) is 0 Å². The molecule has 2 fully saturated rings. The van der Waals surface area contributed by atoms with Crippen LogP contribution < -0.4 is 9.47 Å². The number of esters is 1. The van der Waals surface area contributed by atoms with Crippen molar-refractivity contribution in [2.24, 2.45) is 11.8 Å². The number of ether oxygens (including phenoxy) is 3. The highest BCUT2D eigenvalue weighted by Gasteiger charge is 2.50. The molecule has 0 radical (unpaired) electrons. The molecule has 0 heterocycles. The second kappa shape index (κ2) is 7.67. The summed E-state index contributed by atoms with van der Waals surface area (Å²) in [7, 11) is -4.56. The Hall–Kier alpha value is -2.01. The Morgan fingerprint density at radius 1 is 1.28 bits per heavy atom. The van der Waals surface area contributed by atoms with Gasteiger partial charge in [0, 0.05) is 0 Å². The Morgan fingerprint density at radius 2 is 2.00 bits per heavy atom. The van der Waals surface area contributed by atoms with Crippen molar-refractivity contribution < 1.29 is 45.1 Å². The normalized spacial score (nSPS) is 26.4. The lowest BCUT2D eigenvalue weighted by atomic mass is 9.85. The third-order valence-electron chi connectivity index (χ3n) is 5.41. The molecule has 162 valence electrons. The maximum atomic E-state index is 12.8. The summed E-state index contributed by atoms with van der Waals surface area (Å²) >= 11 is 0. The van der Waals surface area contributed by atoms with E-state index in [2.05, 4.69) is 4.74 Å². The van der Waals surface area contributed by atoms with Crippen LogP contribution in [0.1, 0.15) is 43.0 Å². The molecule has 0 aliphatic heterocycles. The molecule has 2 aliphatic rings. The average Bonchev–Trinajstić information content (AvgIpc) is 3.14. The maximum Gasteiger partial charge on any atom is 0.573 e. The van der Waals surface area contributed by atoms with Crippen LogP contribution in [0.5, 0.6) is 11.5 Å². The molecule has 0 saturated heterocycles. The van der Waals surface area contributed by atoms with E-state index in [1.54, 1.807) is 0 Å². The van der Waals surface area contributed by atoms with Crippen molar-refractivity contribution in [3.05, 3.63) is 23.8 Å². The van der Waals surface area contributed by atoms with Gasteiger partial charge in [-0.3, -0.25) is 0 Å². The number of carbonyl (C=O) groups is 1. The Kier molecular flexibility index (Phi) is 5.74. The fourth-order valence-electron chi connectivity index (χ4n) is 4.17. The van der Waals surface area contributed by atoms with Gasteiger partial charge in [0.1, 0.15) is 12.2 Å². The molecule has 2 bridgehead atoms. The Labute approximate surface area is 165 Å². The molecule has 11 heteroatoms. The summed E-state index contributed by atoms with van der Waals surface area (Å²) in [5.74, 6) is -2.07. The van der Waals surface area contributed by atoms with Gasteiger partial charge in [0.15, 0.2) is 11.5 Å². The fraction of sp³-hybridized carbons (Fsp3) is 0.611. The van der Waals surface area contributed by atoms with Gasteiger partial charge in [-0.05, 0) is 62.6 Å². The molecular weight excluding hydrogens is 417 g/mol. The van der Waals surface area contributed by atoms with Gasteiger partial charge < -0.3 is 18.8 Å². The molecule has 1 aromatic carbocycles. The molecule has 0 amide bonds. The predicted molar refractivity (Wildman–Crippen MR) is 92.5 cm³/mol. The van der Waals surface area contributed by atoms with Crippen LogP contribution in [-0.2, 0) is 14.9 Å². The van der Waals surface area contributed by atoms with Crippen molar-refractivity contribution in [2.45, 2.75) is 44.6 Å². The Morgan fingerprint density at radius 3 is 2.55 bits per heavy atom. The summed E-state index contributed by atoms with van der Waals surface area (Å²) in [6.45, 7) is 1.17. The lowest BCUT2D eigenvalue weighted by molar-refractivity contribution is -0.275. The minimum Gasteiger partial charge on any atom is -0.748 e. The van der Waals surface area contributed by atoms with E-state index in [0.29, 0.717) is 12.3 Å². The SMILES string of the molecule is CC1(Oc2cc(C(=O)OCCS(=O)(=O)[O-])ccc2OC(F)(F)F)CC2CCC1C2. The average molecular weight is 437 g/mol. The zero-order valence-electron chi connectivity index (χ0n) is 15.5. The molecule has 3 unspecified atom stereocenters. The second-order valence-electron chi connectivity index (χ2n) is 7.60. The van der Waals surface area contributed by atoms with Gasteiger partial charge in [0.05, 0.1) is 21.4 Å². The standard InChI is InChI=1S/C18H21F3O7S/c1-17(10-11-2-4-13(17)8-11)27-15-9-12(3-5-14(15)28-18(19,20)21)16(22)26-6-7-29(23,24)25/h3,5,9,11,13H,2,4,6-8,10H2,1H3,(H,23,24,25)/p-1. The molecule has 0 aromatic heterocycles. The van der Waals surface area contributed by atoms with E-state index in [4.69, 9.17) is 9.47 Å². The number of hydrogen-bond acceptors (Lipinski definition) is 7. The number of benzene rings is 1. The van der Waals surface area contributed by atoms with E-state index >= 15 is 0 Å². The van der Waals surface area contributed by atoms with Crippen molar-refractivity contribution in [3.8, 4) is 11.5 Å². The minimum atomic E-state index is -4.95. The first-order valence-corrected chi connectivity index (χ1v) is 10.6. The smallest absolute Gasteiger partial charge is 0.573 e. The molecular formula is C18H20F3O7S-. The number of carbonyl (C=O) groups excluding carboxylic acids is 1. The molecule has 0 N–H and O–H groups in total. The van der Waals surface area contributed by atoms with Gasteiger partial charge in [-0.2, -0.15) is 0 Å². The molecule has 3 rings (SSSR count). The Bertz CT molecular complexity index is 884. The van der Waals surface area contributed by atoms with Crippen molar-refractivity contribution in [1.82, 2.24) is 0 Å². The highest BCUT2D eigenvalue weighted by atomic mass is 32.2. The van der Waals surface area contributed by atoms with Crippen LogP contribution in [0.4, 0.5) is 13.2 Å². The van der Waals surface area contributed by atoms with Gasteiger partial charge in [0.2, 0.25) is 0 Å². The van der Waals surface area contributed by atoms with Crippen molar-refractivity contribution in [1.29, 1.82) is 0 Å². The predicted octanol–water partition coefficient (Wildman–Crippen LogP) is 3.24. The first-order chi connectivity index (χ1) is 13.3. The summed E-state index contributed by atoms with van der Waals surface area (Å²) < 4.78 is 84.7. The Balaban J connectivity index is 1.81. The molecule has 0 spiro atoms. The zero-order valence-corrected chi connectivity index (χ0v) is 16.3. The summed E-state index contributed by atoms with van der Waals surface area (Å²) in [4.78, 5) is 12.1. The summed E-state index contributed by atoms with van der Waals surface area (Å²) in [6, 6.07) is 3.07. The van der Waals surface area contributed by atoms with Gasteiger partial charge in [-0.1, -0.05) is 0 Å². The number of rotatable bonds is 7. The molecule has 7 nitrogen and oxygen atoms in total. The van der Waals surface area contributed by atoms with Gasteiger partial charge >= 0.3 is 12.3 Å². The largest absolute Gasteiger partial charge is 0.748 e. The summed E-state index contributed by atoms with van der Waals surface area (Å²) in [5, 5.41) is 0. The fourth-order valence-corrected chi connectivity index (χ4v) is 4.46. The topological polar surface area (TPSA) is 102 Å². The first-order valence-electron chi connectivity index (χ1n) is 9.04. The molecule has 29 heavy (non-hydrogen) atoms. The quantitative estimate of drug-likeness (QED) is 0.477. The molecule has 1 aromatic rings. The van der Waals surface area contributed by atoms with Crippen molar-refractivity contribution in [3.63, 3.8) is 0 Å². The molecule has 2 aliphatic carbocycles. The number of halogens is 3. The van der Waals surface area contributed by atoms with Crippen LogP contribution in [0, 0.1) is 11.8 Å². The van der Waals surface area contributed by atoms with Crippen LogP contribution in [0.2, 0.25) is 0 Å². The van der Waals surface area contributed by atoms with E-state index in [9.17, 15) is 30.9 Å². The second-order valence-corrected chi connectivity index (χ2v) is 9.13.